The Morgan fingerprint density at radius 3 is 1.12 bits per heavy atom. The van der Waals surface area contributed by atoms with Gasteiger partial charge in [0.1, 0.15) is 0 Å². The molecule has 7 heteroatoms. The van der Waals surface area contributed by atoms with Crippen LogP contribution in [0.2, 0.25) is 0 Å². The number of nitrogens with zero attached hydrogens (tertiary/aromatic N) is 7. The molecule has 0 atom stereocenters. The smallest absolute Gasteiger partial charge is 0.164 e. The van der Waals surface area contributed by atoms with Crippen molar-refractivity contribution in [1.82, 2.24) is 34.9 Å². The van der Waals surface area contributed by atoms with Gasteiger partial charge in [-0.25, -0.2) is 24.9 Å². The van der Waals surface area contributed by atoms with Gasteiger partial charge in [-0.1, -0.05) is 109 Å². The van der Waals surface area contributed by atoms with Crippen molar-refractivity contribution >= 4 is 43.6 Å². The molecule has 5 aromatic heterocycles. The number of pyridine rings is 4. The van der Waals surface area contributed by atoms with Gasteiger partial charge in [0.25, 0.3) is 0 Å². The van der Waals surface area contributed by atoms with Crippen molar-refractivity contribution in [3.8, 4) is 56.7 Å². The quantitative estimate of drug-likeness (QED) is 0.169. The fourth-order valence-corrected chi connectivity index (χ4v) is 6.76. The van der Waals surface area contributed by atoms with Crippen molar-refractivity contribution in [2.24, 2.45) is 0 Å². The summed E-state index contributed by atoms with van der Waals surface area (Å²) in [6, 6.07) is 51.1. The molecule has 52 heavy (non-hydrogen) atoms. The lowest BCUT2D eigenvalue weighted by atomic mass is 9.99. The number of fused-ring (bicyclic) bond motifs is 6. The summed E-state index contributed by atoms with van der Waals surface area (Å²) in [5.41, 5.74) is 9.49. The third-order valence-corrected chi connectivity index (χ3v) is 9.35. The molecule has 242 valence electrons. The molecule has 5 heterocycles. The summed E-state index contributed by atoms with van der Waals surface area (Å²) in [4.78, 5) is 34.9. The monoisotopic (exact) mass is 665 g/mol. The molecule has 0 bridgehead atoms. The highest BCUT2D eigenvalue weighted by atomic mass is 15.0. The lowest BCUT2D eigenvalue weighted by Gasteiger charge is -2.13. The molecule has 0 aliphatic heterocycles. The van der Waals surface area contributed by atoms with Crippen LogP contribution in [0.5, 0.6) is 0 Å². The molecule has 0 unspecified atom stereocenters. The largest absolute Gasteiger partial charge is 0.254 e. The zero-order chi connectivity index (χ0) is 34.4. The molecule has 5 aromatic carbocycles. The average Bonchev–Trinajstić information content (AvgIpc) is 3.23. The molecule has 7 nitrogen and oxygen atoms in total. The summed E-state index contributed by atoms with van der Waals surface area (Å²) in [6.45, 7) is 0. The van der Waals surface area contributed by atoms with Crippen LogP contribution in [0.4, 0.5) is 0 Å². The fraction of sp³-hybridized carbons (Fsp3) is 0. The van der Waals surface area contributed by atoms with Gasteiger partial charge in [0.15, 0.2) is 17.5 Å². The van der Waals surface area contributed by atoms with Gasteiger partial charge in [-0.3, -0.25) is 9.97 Å². The first-order valence-corrected chi connectivity index (χ1v) is 17.1. The van der Waals surface area contributed by atoms with E-state index in [4.69, 9.17) is 34.9 Å². The minimum absolute atomic E-state index is 0.552. The number of aromatic nitrogens is 7. The first-order valence-electron chi connectivity index (χ1n) is 17.1. The van der Waals surface area contributed by atoms with E-state index in [1.165, 1.54) is 0 Å². The molecule has 0 amide bonds. The van der Waals surface area contributed by atoms with Gasteiger partial charge in [-0.2, -0.15) is 0 Å². The molecule has 0 radical (unpaired) electrons. The van der Waals surface area contributed by atoms with Crippen molar-refractivity contribution < 1.29 is 0 Å². The Morgan fingerprint density at radius 2 is 0.654 bits per heavy atom. The van der Waals surface area contributed by atoms with Crippen molar-refractivity contribution in [3.63, 3.8) is 0 Å². The van der Waals surface area contributed by atoms with E-state index in [0.717, 1.165) is 82.8 Å². The second-order valence-corrected chi connectivity index (χ2v) is 12.7. The standard InChI is InChI=1S/C45H27N7/c1-3-9-32(10-4-1)43-50-44(33-11-5-2-6-12-33)52-45(51-43)36-26-34(37-21-19-30-17-15-28-13-7-23-46-39(28)41(30)48-37)25-35(27-36)38-22-20-31-18-16-29-14-8-24-47-40(29)42(31)49-38/h1-27H. The number of rotatable bonds is 5. The SMILES string of the molecule is c1ccc(-c2nc(-c3ccccc3)nc(-c3cc(-c4ccc5ccc6cccnc6c5n4)cc(-c4ccc5ccc6cccnc6c5n4)c3)n2)cc1. The Bertz CT molecular complexity index is 2770. The van der Waals surface area contributed by atoms with E-state index in [2.05, 4.69) is 78.9 Å². The fourth-order valence-electron chi connectivity index (χ4n) is 6.76. The minimum Gasteiger partial charge on any atom is -0.254 e. The summed E-state index contributed by atoms with van der Waals surface area (Å²) in [5, 5.41) is 4.14. The highest BCUT2D eigenvalue weighted by molar-refractivity contribution is 6.04. The van der Waals surface area contributed by atoms with E-state index in [1.807, 2.05) is 85.2 Å². The average molecular weight is 666 g/mol. The Balaban J connectivity index is 1.22. The maximum absolute atomic E-state index is 5.22. The second-order valence-electron chi connectivity index (χ2n) is 12.7. The lowest BCUT2D eigenvalue weighted by Crippen LogP contribution is -2.01. The number of benzene rings is 5. The summed E-state index contributed by atoms with van der Waals surface area (Å²) in [6.07, 6.45) is 3.63. The first-order chi connectivity index (χ1) is 25.7. The van der Waals surface area contributed by atoms with E-state index in [0.29, 0.717) is 17.5 Å². The molecule has 0 spiro atoms. The predicted octanol–water partition coefficient (Wildman–Crippen LogP) is 10.4. The van der Waals surface area contributed by atoms with Gasteiger partial charge in [0.2, 0.25) is 0 Å². The molecule has 0 saturated carbocycles. The molecular formula is C45H27N7. The molecule has 0 saturated heterocycles. The third-order valence-electron chi connectivity index (χ3n) is 9.35. The Morgan fingerprint density at radius 1 is 0.269 bits per heavy atom. The number of hydrogen-bond acceptors (Lipinski definition) is 7. The van der Waals surface area contributed by atoms with Crippen molar-refractivity contribution in [2.45, 2.75) is 0 Å². The summed E-state index contributed by atoms with van der Waals surface area (Å²) < 4.78 is 0. The second kappa shape index (κ2) is 12.3. The van der Waals surface area contributed by atoms with Crippen molar-refractivity contribution in [3.05, 3.63) is 164 Å². The summed E-state index contributed by atoms with van der Waals surface area (Å²) in [7, 11) is 0. The van der Waals surface area contributed by atoms with E-state index >= 15 is 0 Å². The van der Waals surface area contributed by atoms with E-state index in [-0.39, 0.29) is 0 Å². The van der Waals surface area contributed by atoms with Crippen LogP contribution in [0.15, 0.2) is 164 Å². The van der Waals surface area contributed by atoms with Crippen LogP contribution in [-0.4, -0.2) is 34.9 Å². The molecule has 10 rings (SSSR count). The molecule has 10 aromatic rings. The Kier molecular flexibility index (Phi) is 6.99. The van der Waals surface area contributed by atoms with Gasteiger partial charge in [-0.15, -0.1) is 0 Å². The maximum Gasteiger partial charge on any atom is 0.164 e. The van der Waals surface area contributed by atoms with Crippen LogP contribution >= 0.6 is 0 Å². The van der Waals surface area contributed by atoms with Crippen LogP contribution in [0.3, 0.4) is 0 Å². The lowest BCUT2D eigenvalue weighted by molar-refractivity contribution is 1.07. The zero-order valence-corrected chi connectivity index (χ0v) is 27.7. The predicted molar refractivity (Wildman–Crippen MR) is 208 cm³/mol. The van der Waals surface area contributed by atoms with Gasteiger partial charge >= 0.3 is 0 Å². The Hall–Kier alpha value is -7.25. The van der Waals surface area contributed by atoms with Gasteiger partial charge in [-0.05, 0) is 42.5 Å². The maximum atomic E-state index is 5.22. The van der Waals surface area contributed by atoms with Gasteiger partial charge in [0, 0.05) is 61.8 Å². The third kappa shape index (κ3) is 5.28. The number of hydrogen-bond donors (Lipinski definition) is 0. The van der Waals surface area contributed by atoms with Gasteiger partial charge < -0.3 is 0 Å². The van der Waals surface area contributed by atoms with E-state index < -0.39 is 0 Å². The minimum atomic E-state index is 0.552. The zero-order valence-electron chi connectivity index (χ0n) is 27.7. The van der Waals surface area contributed by atoms with E-state index in [1.54, 1.807) is 0 Å². The van der Waals surface area contributed by atoms with E-state index in [9.17, 15) is 0 Å². The van der Waals surface area contributed by atoms with Crippen LogP contribution in [0.25, 0.3) is 100 Å². The molecule has 0 N–H and O–H groups in total. The highest BCUT2D eigenvalue weighted by Gasteiger charge is 2.17. The highest BCUT2D eigenvalue weighted by Crippen LogP contribution is 2.35. The molecule has 0 aliphatic carbocycles. The summed E-state index contributed by atoms with van der Waals surface area (Å²) in [5.74, 6) is 1.75. The molecular weight excluding hydrogens is 639 g/mol. The normalized spacial score (nSPS) is 11.5. The molecule has 0 fully saturated rings. The van der Waals surface area contributed by atoms with Crippen LogP contribution in [0, 0.1) is 0 Å². The topological polar surface area (TPSA) is 90.2 Å². The van der Waals surface area contributed by atoms with Crippen LogP contribution in [0.1, 0.15) is 0 Å². The van der Waals surface area contributed by atoms with Crippen molar-refractivity contribution in [1.29, 1.82) is 0 Å². The summed E-state index contributed by atoms with van der Waals surface area (Å²) >= 11 is 0. The first kappa shape index (κ1) is 29.6. The van der Waals surface area contributed by atoms with Crippen LogP contribution < -0.4 is 0 Å². The molecule has 0 aliphatic rings. The van der Waals surface area contributed by atoms with Crippen LogP contribution in [-0.2, 0) is 0 Å². The Labute approximate surface area is 298 Å². The van der Waals surface area contributed by atoms with Crippen molar-refractivity contribution in [2.75, 3.05) is 0 Å². The van der Waals surface area contributed by atoms with Gasteiger partial charge in [0.05, 0.1) is 33.5 Å².